The summed E-state index contributed by atoms with van der Waals surface area (Å²) in [4.78, 5) is 0. The van der Waals surface area contributed by atoms with Crippen LogP contribution in [0.1, 0.15) is 68.2 Å². The molecule has 0 atom stereocenters. The van der Waals surface area contributed by atoms with Crippen molar-refractivity contribution in [2.24, 2.45) is 16.6 Å². The van der Waals surface area contributed by atoms with Crippen molar-refractivity contribution in [2.45, 2.75) is 79.9 Å². The van der Waals surface area contributed by atoms with Gasteiger partial charge in [-0.3, -0.25) is 0 Å². The molecule has 0 fully saturated rings. The van der Waals surface area contributed by atoms with Crippen LogP contribution in [0.4, 0.5) is 0 Å². The molecule has 0 saturated heterocycles. The van der Waals surface area contributed by atoms with E-state index < -0.39 is 0 Å². The van der Waals surface area contributed by atoms with Crippen molar-refractivity contribution >= 4 is 0 Å². The average molecular weight is 243 g/mol. The summed E-state index contributed by atoms with van der Waals surface area (Å²) in [5.41, 5.74) is 6.14. The molecule has 17 heavy (non-hydrogen) atoms. The van der Waals surface area contributed by atoms with E-state index in [1.807, 2.05) is 13.8 Å². The number of hydrogen-bond acceptors (Lipinski definition) is 2. The smallest absolute Gasteiger partial charge is 0.0677 e. The molecule has 0 unspecified atom stereocenters. The molecule has 0 aliphatic rings. The second-order valence-electron chi connectivity index (χ2n) is 7.36. The van der Waals surface area contributed by atoms with Gasteiger partial charge in [-0.05, 0) is 37.5 Å². The van der Waals surface area contributed by atoms with Crippen LogP contribution in [0.5, 0.6) is 0 Å². The van der Waals surface area contributed by atoms with Gasteiger partial charge in [-0.2, -0.15) is 0 Å². The van der Waals surface area contributed by atoms with E-state index in [1.54, 1.807) is 0 Å². The molecule has 2 heteroatoms. The molecule has 0 saturated carbocycles. The predicted molar refractivity (Wildman–Crippen MR) is 76.2 cm³/mol. The summed E-state index contributed by atoms with van der Waals surface area (Å²) in [6.45, 7) is 18.3. The first-order chi connectivity index (χ1) is 7.46. The van der Waals surface area contributed by atoms with E-state index in [4.69, 9.17) is 10.5 Å². The molecular weight excluding hydrogens is 210 g/mol. The van der Waals surface area contributed by atoms with E-state index >= 15 is 0 Å². The quantitative estimate of drug-likeness (QED) is 0.734. The fraction of sp³-hybridized carbons (Fsp3) is 1.00. The number of hydrogen-bond donors (Lipinski definition) is 1. The topological polar surface area (TPSA) is 35.2 Å². The summed E-state index contributed by atoms with van der Waals surface area (Å²) < 4.78 is 6.19. The van der Waals surface area contributed by atoms with Crippen LogP contribution < -0.4 is 5.73 Å². The van der Waals surface area contributed by atoms with Crippen molar-refractivity contribution < 1.29 is 4.74 Å². The van der Waals surface area contributed by atoms with E-state index in [1.165, 1.54) is 0 Å². The SMILES string of the molecule is CCC(C)(C)C(OCC(C)(C)N)C(C)(C)CC. The molecule has 2 N–H and O–H groups in total. The molecule has 0 rings (SSSR count). The van der Waals surface area contributed by atoms with Gasteiger partial charge in [-0.15, -0.1) is 0 Å². The largest absolute Gasteiger partial charge is 0.375 e. The second kappa shape index (κ2) is 5.71. The Bertz CT molecular complexity index is 210. The monoisotopic (exact) mass is 243 g/mol. The van der Waals surface area contributed by atoms with E-state index in [9.17, 15) is 0 Å². The Hall–Kier alpha value is -0.0800. The highest BCUT2D eigenvalue weighted by Gasteiger charge is 2.40. The molecule has 2 nitrogen and oxygen atoms in total. The molecule has 0 bridgehead atoms. The molecule has 0 radical (unpaired) electrons. The van der Waals surface area contributed by atoms with Gasteiger partial charge in [0, 0.05) is 5.54 Å². The average Bonchev–Trinajstić information content (AvgIpc) is 2.15. The maximum atomic E-state index is 6.19. The maximum absolute atomic E-state index is 6.19. The molecule has 0 amide bonds. The normalized spacial score (nSPS) is 14.5. The van der Waals surface area contributed by atoms with Gasteiger partial charge in [0.05, 0.1) is 12.7 Å². The van der Waals surface area contributed by atoms with Crippen molar-refractivity contribution in [3.05, 3.63) is 0 Å². The van der Waals surface area contributed by atoms with Gasteiger partial charge in [0.15, 0.2) is 0 Å². The molecule has 0 aliphatic carbocycles. The molecule has 0 aromatic heterocycles. The minimum Gasteiger partial charge on any atom is -0.375 e. The lowest BCUT2D eigenvalue weighted by Gasteiger charge is -2.44. The summed E-state index contributed by atoms with van der Waals surface area (Å²) in [5.74, 6) is 0. The molecule has 0 aromatic carbocycles. The van der Waals surface area contributed by atoms with E-state index in [0.29, 0.717) is 6.61 Å². The summed E-state index contributed by atoms with van der Waals surface area (Å²) in [6.07, 6.45) is 2.48. The van der Waals surface area contributed by atoms with Crippen LogP contribution in [0.15, 0.2) is 0 Å². The minimum absolute atomic E-state index is 0.185. The predicted octanol–water partition coefficient (Wildman–Crippen LogP) is 3.98. The van der Waals surface area contributed by atoms with Gasteiger partial charge in [-0.1, -0.05) is 41.5 Å². The standard InChI is InChI=1S/C15H33NO/c1-9-13(3,4)12(14(5,6)10-2)17-11-15(7,8)16/h12H,9-11,16H2,1-8H3. The van der Waals surface area contributed by atoms with Crippen LogP contribution in [0.25, 0.3) is 0 Å². The third-order valence-corrected chi connectivity index (χ3v) is 3.86. The molecule has 104 valence electrons. The summed E-state index contributed by atoms with van der Waals surface area (Å²) in [7, 11) is 0. The van der Waals surface area contributed by atoms with Gasteiger partial charge >= 0.3 is 0 Å². The zero-order valence-corrected chi connectivity index (χ0v) is 13.2. The Morgan fingerprint density at radius 2 is 1.24 bits per heavy atom. The Kier molecular flexibility index (Phi) is 5.68. The zero-order chi connectivity index (χ0) is 13.9. The third-order valence-electron chi connectivity index (χ3n) is 3.86. The Morgan fingerprint density at radius 1 is 0.882 bits per heavy atom. The number of nitrogens with two attached hydrogens (primary N) is 1. The lowest BCUT2D eigenvalue weighted by Crippen LogP contribution is -2.47. The highest BCUT2D eigenvalue weighted by Crippen LogP contribution is 2.41. The van der Waals surface area contributed by atoms with Gasteiger partial charge in [0.1, 0.15) is 0 Å². The molecule has 0 aromatic rings. The molecule has 0 heterocycles. The Morgan fingerprint density at radius 3 is 1.47 bits per heavy atom. The molecular formula is C15H33NO. The molecule has 0 spiro atoms. The molecule has 0 aliphatic heterocycles. The van der Waals surface area contributed by atoms with Crippen LogP contribution in [0.3, 0.4) is 0 Å². The van der Waals surface area contributed by atoms with Crippen LogP contribution >= 0.6 is 0 Å². The van der Waals surface area contributed by atoms with Gasteiger partial charge in [0.2, 0.25) is 0 Å². The fourth-order valence-electron chi connectivity index (χ4n) is 2.18. The van der Waals surface area contributed by atoms with Crippen LogP contribution in [-0.4, -0.2) is 18.2 Å². The first-order valence-electron chi connectivity index (χ1n) is 6.87. The highest BCUT2D eigenvalue weighted by molar-refractivity contribution is 4.90. The van der Waals surface area contributed by atoms with Crippen molar-refractivity contribution in [1.82, 2.24) is 0 Å². The number of rotatable bonds is 7. The van der Waals surface area contributed by atoms with Gasteiger partial charge in [-0.25, -0.2) is 0 Å². The minimum atomic E-state index is -0.258. The van der Waals surface area contributed by atoms with Crippen LogP contribution in [0, 0.1) is 10.8 Å². The van der Waals surface area contributed by atoms with Crippen LogP contribution in [-0.2, 0) is 4.74 Å². The Balaban J connectivity index is 4.89. The number of ether oxygens (including phenoxy) is 1. The second-order valence-corrected chi connectivity index (χ2v) is 7.36. The zero-order valence-electron chi connectivity index (χ0n) is 13.2. The first kappa shape index (κ1) is 16.9. The van der Waals surface area contributed by atoms with Crippen molar-refractivity contribution in [1.29, 1.82) is 0 Å². The van der Waals surface area contributed by atoms with E-state index in [2.05, 4.69) is 41.5 Å². The third kappa shape index (κ3) is 5.39. The van der Waals surface area contributed by atoms with Crippen molar-refractivity contribution in [2.75, 3.05) is 6.61 Å². The summed E-state index contributed by atoms with van der Waals surface area (Å²) in [6, 6.07) is 0. The van der Waals surface area contributed by atoms with E-state index in [0.717, 1.165) is 12.8 Å². The van der Waals surface area contributed by atoms with Gasteiger partial charge in [0.25, 0.3) is 0 Å². The van der Waals surface area contributed by atoms with Gasteiger partial charge < -0.3 is 10.5 Å². The summed E-state index contributed by atoms with van der Waals surface area (Å²) in [5, 5.41) is 0. The first-order valence-corrected chi connectivity index (χ1v) is 6.87. The van der Waals surface area contributed by atoms with Crippen LogP contribution in [0.2, 0.25) is 0 Å². The maximum Gasteiger partial charge on any atom is 0.0677 e. The highest BCUT2D eigenvalue weighted by atomic mass is 16.5. The van der Waals surface area contributed by atoms with Crippen molar-refractivity contribution in [3.63, 3.8) is 0 Å². The lowest BCUT2D eigenvalue weighted by molar-refractivity contribution is -0.107. The fourth-order valence-corrected chi connectivity index (χ4v) is 2.18. The Labute approximate surface area is 108 Å². The van der Waals surface area contributed by atoms with E-state index in [-0.39, 0.29) is 22.5 Å². The summed E-state index contributed by atoms with van der Waals surface area (Å²) >= 11 is 0. The van der Waals surface area contributed by atoms with Crippen molar-refractivity contribution in [3.8, 4) is 0 Å². The lowest BCUT2D eigenvalue weighted by atomic mass is 9.69.